The van der Waals surface area contributed by atoms with E-state index < -0.39 is 0 Å². The van der Waals surface area contributed by atoms with Gasteiger partial charge in [0.25, 0.3) is 11.7 Å². The molecule has 3 aromatic heterocycles. The molecule has 3 heterocycles. The summed E-state index contributed by atoms with van der Waals surface area (Å²) in [6, 6.07) is 0. The van der Waals surface area contributed by atoms with Crippen molar-refractivity contribution >= 4 is 17.5 Å². The molecule has 0 unspecified atom stereocenters. The number of H-pyrrole nitrogens is 1. The molecule has 0 spiro atoms. The number of aromatic nitrogens is 6. The van der Waals surface area contributed by atoms with Crippen LogP contribution in [0.4, 0.5) is 5.82 Å². The molecule has 3 aromatic rings. The minimum absolute atomic E-state index is 0.258. The molecule has 0 bridgehead atoms. The van der Waals surface area contributed by atoms with Crippen molar-refractivity contribution in [3.8, 4) is 0 Å². The molecule has 0 saturated carbocycles. The van der Waals surface area contributed by atoms with Gasteiger partial charge in [-0.05, 0) is 20.3 Å². The molecule has 0 aliphatic heterocycles. The monoisotopic (exact) mass is 285 g/mol. The average Bonchev–Trinajstić information content (AvgIpc) is 3.07. The van der Waals surface area contributed by atoms with E-state index in [1.807, 2.05) is 20.8 Å². The zero-order valence-corrected chi connectivity index (χ0v) is 12.0. The highest BCUT2D eigenvalue weighted by molar-refractivity contribution is 6.04. The SMILES string of the molecule is CCc1c(C(=O)Nc2n[nH]c(C)c2C)cnc2ncnn12. The van der Waals surface area contributed by atoms with Crippen LogP contribution in [-0.4, -0.2) is 35.7 Å². The summed E-state index contributed by atoms with van der Waals surface area (Å²) in [6.45, 7) is 5.75. The minimum atomic E-state index is -0.258. The quantitative estimate of drug-likeness (QED) is 0.755. The Balaban J connectivity index is 1.99. The molecule has 0 fully saturated rings. The summed E-state index contributed by atoms with van der Waals surface area (Å²) in [5.41, 5.74) is 3.07. The van der Waals surface area contributed by atoms with Crippen LogP contribution >= 0.6 is 0 Å². The van der Waals surface area contributed by atoms with Crippen molar-refractivity contribution in [2.24, 2.45) is 0 Å². The van der Waals surface area contributed by atoms with Gasteiger partial charge in [0.2, 0.25) is 0 Å². The van der Waals surface area contributed by atoms with Gasteiger partial charge in [0.1, 0.15) is 6.33 Å². The number of anilines is 1. The van der Waals surface area contributed by atoms with Gasteiger partial charge < -0.3 is 5.32 Å². The van der Waals surface area contributed by atoms with E-state index in [2.05, 4.69) is 30.6 Å². The molecular weight excluding hydrogens is 270 g/mol. The summed E-state index contributed by atoms with van der Waals surface area (Å²) in [6.07, 6.45) is 3.58. The van der Waals surface area contributed by atoms with E-state index >= 15 is 0 Å². The van der Waals surface area contributed by atoms with Crippen LogP contribution in [0.2, 0.25) is 0 Å². The molecule has 2 N–H and O–H groups in total. The van der Waals surface area contributed by atoms with Crippen LogP contribution in [0.15, 0.2) is 12.5 Å². The van der Waals surface area contributed by atoms with Crippen LogP contribution in [0.25, 0.3) is 5.78 Å². The first-order valence-corrected chi connectivity index (χ1v) is 6.62. The zero-order chi connectivity index (χ0) is 15.0. The Hall–Kier alpha value is -2.77. The summed E-state index contributed by atoms with van der Waals surface area (Å²) in [7, 11) is 0. The Morgan fingerprint density at radius 1 is 1.38 bits per heavy atom. The number of fused-ring (bicyclic) bond motifs is 1. The fourth-order valence-electron chi connectivity index (χ4n) is 2.14. The second-order valence-corrected chi connectivity index (χ2v) is 4.72. The van der Waals surface area contributed by atoms with Gasteiger partial charge in [0.05, 0.1) is 11.3 Å². The number of hydrogen-bond acceptors (Lipinski definition) is 5. The first kappa shape index (κ1) is 13.2. The number of hydrogen-bond donors (Lipinski definition) is 2. The molecule has 8 nitrogen and oxygen atoms in total. The second-order valence-electron chi connectivity index (χ2n) is 4.72. The summed E-state index contributed by atoms with van der Waals surface area (Å²) >= 11 is 0. The lowest BCUT2D eigenvalue weighted by Gasteiger charge is -2.08. The van der Waals surface area contributed by atoms with E-state index in [-0.39, 0.29) is 5.91 Å². The van der Waals surface area contributed by atoms with Crippen molar-refractivity contribution < 1.29 is 4.79 Å². The van der Waals surface area contributed by atoms with Gasteiger partial charge in [0, 0.05) is 17.5 Å². The molecule has 0 radical (unpaired) electrons. The van der Waals surface area contributed by atoms with Crippen LogP contribution < -0.4 is 5.32 Å². The van der Waals surface area contributed by atoms with E-state index in [4.69, 9.17) is 0 Å². The molecule has 1 amide bonds. The van der Waals surface area contributed by atoms with E-state index in [1.165, 1.54) is 12.5 Å². The van der Waals surface area contributed by atoms with Crippen molar-refractivity contribution in [1.82, 2.24) is 29.8 Å². The standard InChI is InChI=1S/C13H15N7O/c1-4-10-9(5-14-13-15-6-16-20(10)13)12(21)17-11-7(2)8(3)18-19-11/h5-6H,4H2,1-3H3,(H2,17,18,19,21). The summed E-state index contributed by atoms with van der Waals surface area (Å²) in [4.78, 5) is 20.6. The van der Waals surface area contributed by atoms with Crippen LogP contribution in [0.1, 0.15) is 34.2 Å². The Kier molecular flexibility index (Phi) is 3.13. The smallest absolute Gasteiger partial charge is 0.260 e. The predicted molar refractivity (Wildman–Crippen MR) is 76.2 cm³/mol. The van der Waals surface area contributed by atoms with E-state index in [0.29, 0.717) is 23.6 Å². The number of nitrogens with one attached hydrogen (secondary N) is 2. The maximum absolute atomic E-state index is 12.5. The van der Waals surface area contributed by atoms with Crippen molar-refractivity contribution in [2.45, 2.75) is 27.2 Å². The number of amides is 1. The second kappa shape index (κ2) is 4.97. The zero-order valence-electron chi connectivity index (χ0n) is 12.0. The average molecular weight is 285 g/mol. The number of nitrogens with zero attached hydrogens (tertiary/aromatic N) is 5. The molecule has 21 heavy (non-hydrogen) atoms. The number of carbonyl (C=O) groups is 1. The Morgan fingerprint density at radius 2 is 2.19 bits per heavy atom. The normalized spacial score (nSPS) is 11.0. The molecule has 108 valence electrons. The largest absolute Gasteiger partial charge is 0.305 e. The lowest BCUT2D eigenvalue weighted by Crippen LogP contribution is -2.18. The summed E-state index contributed by atoms with van der Waals surface area (Å²) in [5.74, 6) is 0.750. The van der Waals surface area contributed by atoms with E-state index in [1.54, 1.807) is 4.52 Å². The molecule has 0 aliphatic carbocycles. The molecule has 0 aromatic carbocycles. The first-order valence-electron chi connectivity index (χ1n) is 6.62. The third-order valence-electron chi connectivity index (χ3n) is 3.47. The van der Waals surface area contributed by atoms with Crippen molar-refractivity contribution in [3.05, 3.63) is 35.0 Å². The topological polar surface area (TPSA) is 101 Å². The van der Waals surface area contributed by atoms with Crippen LogP contribution in [0.5, 0.6) is 0 Å². The molecule has 8 heteroatoms. The highest BCUT2D eigenvalue weighted by atomic mass is 16.1. The van der Waals surface area contributed by atoms with Crippen LogP contribution in [0.3, 0.4) is 0 Å². The molecule has 0 saturated heterocycles. The van der Waals surface area contributed by atoms with Gasteiger partial charge >= 0.3 is 0 Å². The Bertz CT molecular complexity index is 817. The first-order chi connectivity index (χ1) is 10.1. The van der Waals surface area contributed by atoms with Crippen LogP contribution in [0, 0.1) is 13.8 Å². The van der Waals surface area contributed by atoms with E-state index in [0.717, 1.165) is 17.0 Å². The molecular formula is C13H15N7O. The molecule has 3 rings (SSSR count). The van der Waals surface area contributed by atoms with Gasteiger partial charge in [-0.2, -0.15) is 15.2 Å². The highest BCUT2D eigenvalue weighted by Gasteiger charge is 2.17. The van der Waals surface area contributed by atoms with Gasteiger partial charge in [-0.15, -0.1) is 0 Å². The van der Waals surface area contributed by atoms with Crippen LogP contribution in [-0.2, 0) is 6.42 Å². The van der Waals surface area contributed by atoms with E-state index in [9.17, 15) is 4.79 Å². The van der Waals surface area contributed by atoms with Gasteiger partial charge in [0.15, 0.2) is 5.82 Å². The fraction of sp³-hybridized carbons (Fsp3) is 0.308. The number of rotatable bonds is 3. The third kappa shape index (κ3) is 2.14. The van der Waals surface area contributed by atoms with Crippen molar-refractivity contribution in [2.75, 3.05) is 5.32 Å². The predicted octanol–water partition coefficient (Wildman–Crippen LogP) is 1.28. The molecule has 0 aliphatic rings. The lowest BCUT2D eigenvalue weighted by molar-refractivity contribution is 0.102. The van der Waals surface area contributed by atoms with Gasteiger partial charge in [-0.1, -0.05) is 6.92 Å². The summed E-state index contributed by atoms with van der Waals surface area (Å²) in [5, 5.41) is 13.8. The fourth-order valence-corrected chi connectivity index (χ4v) is 2.14. The maximum Gasteiger partial charge on any atom is 0.260 e. The highest BCUT2D eigenvalue weighted by Crippen LogP contribution is 2.16. The number of carbonyl (C=O) groups excluding carboxylic acids is 1. The van der Waals surface area contributed by atoms with Gasteiger partial charge in [-0.25, -0.2) is 9.50 Å². The Labute approximate surface area is 120 Å². The Morgan fingerprint density at radius 3 is 2.86 bits per heavy atom. The van der Waals surface area contributed by atoms with Crippen molar-refractivity contribution in [3.63, 3.8) is 0 Å². The number of aryl methyl sites for hydroxylation is 2. The third-order valence-corrected chi connectivity index (χ3v) is 3.47. The molecule has 0 atom stereocenters. The van der Waals surface area contributed by atoms with Gasteiger partial charge in [-0.3, -0.25) is 9.89 Å². The lowest BCUT2D eigenvalue weighted by atomic mass is 10.1. The number of aromatic amines is 1. The minimum Gasteiger partial charge on any atom is -0.305 e. The maximum atomic E-state index is 12.5. The summed E-state index contributed by atoms with van der Waals surface area (Å²) < 4.78 is 1.58. The van der Waals surface area contributed by atoms with Crippen molar-refractivity contribution in [1.29, 1.82) is 0 Å².